The molecule has 0 saturated carbocycles. The molecule has 0 aliphatic heterocycles. The third-order valence-corrected chi connectivity index (χ3v) is 2.54. The molecule has 0 aliphatic carbocycles. The van der Waals surface area contributed by atoms with Gasteiger partial charge in [0.1, 0.15) is 0 Å². The SMILES string of the molecule is N=CCc1c[nH]c2cc([81Br])ccc12. The quantitative estimate of drug-likeness (QED) is 0.754. The van der Waals surface area contributed by atoms with E-state index < -0.39 is 0 Å². The molecule has 0 bridgehead atoms. The topological polar surface area (TPSA) is 39.6 Å². The van der Waals surface area contributed by atoms with Gasteiger partial charge in [0.05, 0.1) is 0 Å². The second kappa shape index (κ2) is 3.34. The van der Waals surface area contributed by atoms with Gasteiger partial charge in [-0.25, -0.2) is 0 Å². The smallest absolute Gasteiger partial charge is 0.0468 e. The fourth-order valence-electron chi connectivity index (χ4n) is 1.44. The summed E-state index contributed by atoms with van der Waals surface area (Å²) in [5.41, 5.74) is 2.30. The lowest BCUT2D eigenvalue weighted by Gasteiger charge is -1.93. The van der Waals surface area contributed by atoms with Gasteiger partial charge in [0.25, 0.3) is 0 Å². The molecule has 0 atom stereocenters. The maximum Gasteiger partial charge on any atom is 0.0468 e. The molecule has 1 aromatic heterocycles. The fourth-order valence-corrected chi connectivity index (χ4v) is 1.80. The normalized spacial score (nSPS) is 10.5. The van der Waals surface area contributed by atoms with Crippen LogP contribution in [0.1, 0.15) is 5.56 Å². The summed E-state index contributed by atoms with van der Waals surface area (Å²) in [6, 6.07) is 6.13. The molecule has 2 N–H and O–H groups in total. The van der Waals surface area contributed by atoms with Crippen LogP contribution in [0.3, 0.4) is 0 Å². The first-order chi connectivity index (χ1) is 6.31. The molecule has 0 aliphatic rings. The van der Waals surface area contributed by atoms with E-state index >= 15 is 0 Å². The van der Waals surface area contributed by atoms with Crippen molar-refractivity contribution in [1.82, 2.24) is 4.98 Å². The Kier molecular flexibility index (Phi) is 2.19. The second-order valence-electron chi connectivity index (χ2n) is 2.91. The fraction of sp³-hybridized carbons (Fsp3) is 0.100. The summed E-state index contributed by atoms with van der Waals surface area (Å²) in [6.45, 7) is 0. The second-order valence-corrected chi connectivity index (χ2v) is 3.83. The highest BCUT2D eigenvalue weighted by Crippen LogP contribution is 2.22. The highest BCUT2D eigenvalue weighted by molar-refractivity contribution is 9.10. The van der Waals surface area contributed by atoms with Gasteiger partial charge in [-0.15, -0.1) is 0 Å². The molecule has 13 heavy (non-hydrogen) atoms. The van der Waals surface area contributed by atoms with E-state index in [1.54, 1.807) is 0 Å². The molecule has 2 aromatic rings. The first-order valence-corrected chi connectivity index (χ1v) is 4.85. The van der Waals surface area contributed by atoms with Crippen LogP contribution >= 0.6 is 15.9 Å². The maximum absolute atomic E-state index is 7.05. The predicted molar refractivity (Wildman–Crippen MR) is 58.5 cm³/mol. The number of benzene rings is 1. The van der Waals surface area contributed by atoms with Crippen molar-refractivity contribution < 1.29 is 0 Å². The van der Waals surface area contributed by atoms with Crippen LogP contribution in [0.15, 0.2) is 28.9 Å². The van der Waals surface area contributed by atoms with E-state index in [4.69, 9.17) is 5.41 Å². The summed E-state index contributed by atoms with van der Waals surface area (Å²) in [4.78, 5) is 3.18. The molecule has 0 amide bonds. The average molecular weight is 238 g/mol. The van der Waals surface area contributed by atoms with Gasteiger partial charge in [-0.05, 0) is 23.9 Å². The number of halogens is 1. The Balaban J connectivity index is 2.61. The summed E-state index contributed by atoms with van der Waals surface area (Å²) in [5.74, 6) is 0. The van der Waals surface area contributed by atoms with Crippen LogP contribution in [0.2, 0.25) is 0 Å². The third-order valence-electron chi connectivity index (χ3n) is 2.05. The van der Waals surface area contributed by atoms with E-state index in [0.717, 1.165) is 9.99 Å². The van der Waals surface area contributed by atoms with Crippen molar-refractivity contribution in [3.8, 4) is 0 Å². The van der Waals surface area contributed by atoms with Gasteiger partial charge >= 0.3 is 0 Å². The third kappa shape index (κ3) is 1.52. The number of hydrogen-bond donors (Lipinski definition) is 2. The molecule has 1 aromatic carbocycles. The largest absolute Gasteiger partial charge is 0.361 e. The van der Waals surface area contributed by atoms with Gasteiger partial charge in [0, 0.05) is 28.0 Å². The Morgan fingerprint density at radius 1 is 1.46 bits per heavy atom. The number of aromatic amines is 1. The molecule has 0 fully saturated rings. The summed E-state index contributed by atoms with van der Waals surface area (Å²) in [7, 11) is 0. The summed E-state index contributed by atoms with van der Waals surface area (Å²) in [6.07, 6.45) is 4.08. The van der Waals surface area contributed by atoms with Crippen LogP contribution in [0.5, 0.6) is 0 Å². The molecule has 0 radical (unpaired) electrons. The van der Waals surface area contributed by atoms with E-state index in [1.165, 1.54) is 17.2 Å². The number of aromatic nitrogens is 1. The Labute approximate surface area is 84.6 Å². The lowest BCUT2D eigenvalue weighted by Crippen LogP contribution is -1.81. The van der Waals surface area contributed by atoms with Crippen LogP contribution in [0, 0.1) is 5.41 Å². The molecule has 1 heterocycles. The molecule has 66 valence electrons. The van der Waals surface area contributed by atoms with Gasteiger partial charge in [-0.2, -0.15) is 0 Å². The van der Waals surface area contributed by atoms with Gasteiger partial charge < -0.3 is 10.4 Å². The molecule has 3 heteroatoms. The Morgan fingerprint density at radius 2 is 2.31 bits per heavy atom. The first-order valence-electron chi connectivity index (χ1n) is 4.05. The monoisotopic (exact) mass is 238 g/mol. The Bertz CT molecular complexity index is 445. The maximum atomic E-state index is 7.05. The van der Waals surface area contributed by atoms with E-state index in [1.807, 2.05) is 18.3 Å². The summed E-state index contributed by atoms with van der Waals surface area (Å²) < 4.78 is 1.07. The van der Waals surface area contributed by atoms with Gasteiger partial charge in [-0.1, -0.05) is 22.0 Å². The van der Waals surface area contributed by atoms with Gasteiger partial charge in [0.15, 0.2) is 0 Å². The number of rotatable bonds is 2. The molecule has 2 nitrogen and oxygen atoms in total. The standard InChI is InChI=1S/C10H9BrN2/c11-8-1-2-9-7(3-4-12)6-13-10(9)5-8/h1-2,4-6,12-13H,3H2/i11+1. The minimum atomic E-state index is 0.696. The van der Waals surface area contributed by atoms with Crippen LogP contribution in [0.25, 0.3) is 10.9 Å². The number of hydrogen-bond acceptors (Lipinski definition) is 1. The van der Waals surface area contributed by atoms with Crippen LogP contribution in [-0.2, 0) is 6.42 Å². The number of nitrogens with one attached hydrogen (secondary N) is 2. The number of H-pyrrole nitrogens is 1. The van der Waals surface area contributed by atoms with E-state index in [9.17, 15) is 0 Å². The summed E-state index contributed by atoms with van der Waals surface area (Å²) in [5, 5.41) is 8.25. The summed E-state index contributed by atoms with van der Waals surface area (Å²) >= 11 is 3.42. The average Bonchev–Trinajstić information content (AvgIpc) is 2.49. The van der Waals surface area contributed by atoms with Crippen LogP contribution in [0.4, 0.5) is 0 Å². The van der Waals surface area contributed by atoms with Crippen molar-refractivity contribution in [2.24, 2.45) is 0 Å². The van der Waals surface area contributed by atoms with Crippen LogP contribution in [-0.4, -0.2) is 11.2 Å². The van der Waals surface area contributed by atoms with Gasteiger partial charge in [-0.3, -0.25) is 0 Å². The van der Waals surface area contributed by atoms with Gasteiger partial charge in [0.2, 0.25) is 0 Å². The van der Waals surface area contributed by atoms with Crippen molar-refractivity contribution in [2.45, 2.75) is 6.42 Å². The Morgan fingerprint density at radius 3 is 3.08 bits per heavy atom. The molecule has 0 spiro atoms. The minimum Gasteiger partial charge on any atom is -0.361 e. The van der Waals surface area contributed by atoms with E-state index in [0.29, 0.717) is 6.42 Å². The lowest BCUT2D eigenvalue weighted by molar-refractivity contribution is 1.34. The number of fused-ring (bicyclic) bond motifs is 1. The zero-order valence-corrected chi connectivity index (χ0v) is 8.56. The van der Waals surface area contributed by atoms with Crippen LogP contribution < -0.4 is 0 Å². The molecule has 0 unspecified atom stereocenters. The zero-order chi connectivity index (χ0) is 9.26. The molecular formula is C10H9BrN2. The first kappa shape index (κ1) is 8.51. The van der Waals surface area contributed by atoms with E-state index in [-0.39, 0.29) is 0 Å². The van der Waals surface area contributed by atoms with Crippen molar-refractivity contribution >= 4 is 33.0 Å². The van der Waals surface area contributed by atoms with E-state index in [2.05, 4.69) is 27.0 Å². The molecule has 2 rings (SSSR count). The predicted octanol–water partition coefficient (Wildman–Crippen LogP) is 3.12. The minimum absolute atomic E-state index is 0.696. The van der Waals surface area contributed by atoms with Crippen molar-refractivity contribution in [3.63, 3.8) is 0 Å². The zero-order valence-electron chi connectivity index (χ0n) is 6.97. The molecular weight excluding hydrogens is 229 g/mol. The lowest BCUT2D eigenvalue weighted by atomic mass is 10.1. The van der Waals surface area contributed by atoms with Crippen molar-refractivity contribution in [3.05, 3.63) is 34.4 Å². The van der Waals surface area contributed by atoms with Crippen molar-refractivity contribution in [1.29, 1.82) is 5.41 Å². The Hall–Kier alpha value is -1.09. The highest BCUT2D eigenvalue weighted by Gasteiger charge is 2.01. The molecule has 0 saturated heterocycles. The highest BCUT2D eigenvalue weighted by atomic mass is 80.9. The van der Waals surface area contributed by atoms with Crippen molar-refractivity contribution in [2.75, 3.05) is 0 Å².